The van der Waals surface area contributed by atoms with Gasteiger partial charge in [0.05, 0.1) is 29.6 Å². The van der Waals surface area contributed by atoms with Gasteiger partial charge in [-0.3, -0.25) is 19.9 Å². The van der Waals surface area contributed by atoms with Crippen molar-refractivity contribution in [2.75, 3.05) is 26.0 Å². The highest BCUT2D eigenvalue weighted by atomic mass is 16.2. The maximum absolute atomic E-state index is 12.2. The second-order valence-electron chi connectivity index (χ2n) is 8.80. The van der Waals surface area contributed by atoms with E-state index in [9.17, 15) is 4.79 Å². The van der Waals surface area contributed by atoms with Gasteiger partial charge in [-0.2, -0.15) is 5.10 Å². The van der Waals surface area contributed by atoms with E-state index >= 15 is 0 Å². The Morgan fingerprint density at radius 2 is 1.86 bits per heavy atom. The van der Waals surface area contributed by atoms with Crippen LogP contribution in [0.5, 0.6) is 0 Å². The first-order valence-electron chi connectivity index (χ1n) is 11.6. The van der Waals surface area contributed by atoms with Crippen molar-refractivity contribution >= 4 is 33.8 Å². The fourth-order valence-corrected chi connectivity index (χ4v) is 4.14. The Morgan fingerprint density at radius 1 is 0.973 bits per heavy atom. The molecule has 0 saturated heterocycles. The molecule has 0 unspecified atom stereocenters. The lowest BCUT2D eigenvalue weighted by molar-refractivity contribution is -0.116. The fourth-order valence-electron chi connectivity index (χ4n) is 4.14. The molecule has 182 valence electrons. The molecule has 11 heteroatoms. The van der Waals surface area contributed by atoms with Crippen molar-refractivity contribution in [1.82, 2.24) is 45.0 Å². The molecule has 11 nitrogen and oxygen atoms in total. The highest BCUT2D eigenvalue weighted by molar-refractivity contribution is 5.95. The van der Waals surface area contributed by atoms with Crippen LogP contribution in [0, 0.1) is 0 Å². The summed E-state index contributed by atoms with van der Waals surface area (Å²) >= 11 is 0. The van der Waals surface area contributed by atoms with Crippen LogP contribution in [0.1, 0.15) is 0 Å². The third-order valence-electron chi connectivity index (χ3n) is 5.77. The molecular weight excluding hydrogens is 468 g/mol. The van der Waals surface area contributed by atoms with Crippen LogP contribution in [0.15, 0.2) is 67.4 Å². The average molecular weight is 491 g/mol. The summed E-state index contributed by atoms with van der Waals surface area (Å²) in [6, 6.07) is 11.4. The number of rotatable bonds is 6. The molecule has 0 spiro atoms. The van der Waals surface area contributed by atoms with E-state index < -0.39 is 0 Å². The highest BCUT2D eigenvalue weighted by Gasteiger charge is 2.17. The minimum atomic E-state index is -0.117. The Hall–Kier alpha value is -5.03. The Morgan fingerprint density at radius 3 is 2.70 bits per heavy atom. The summed E-state index contributed by atoms with van der Waals surface area (Å²) in [6.45, 7) is 0.279. The molecule has 1 amide bonds. The third-order valence-corrected chi connectivity index (χ3v) is 5.77. The quantitative estimate of drug-likeness (QED) is 0.322. The van der Waals surface area contributed by atoms with Crippen molar-refractivity contribution in [2.24, 2.45) is 0 Å². The number of likely N-dealkylation sites (N-methyl/N-ethyl adjacent to an activating group) is 1. The van der Waals surface area contributed by atoms with Crippen LogP contribution in [0.25, 0.3) is 56.1 Å². The third kappa shape index (κ3) is 4.39. The van der Waals surface area contributed by atoms with Gasteiger partial charge in [-0.25, -0.2) is 15.0 Å². The van der Waals surface area contributed by atoms with E-state index in [1.165, 1.54) is 0 Å². The number of hydrogen-bond donors (Lipinski definition) is 3. The number of hydrogen-bond acceptors (Lipinski definition) is 8. The Labute approximate surface area is 211 Å². The van der Waals surface area contributed by atoms with Crippen molar-refractivity contribution in [3.63, 3.8) is 0 Å². The molecule has 0 aliphatic rings. The van der Waals surface area contributed by atoms with E-state index in [2.05, 4.69) is 35.5 Å². The van der Waals surface area contributed by atoms with Crippen LogP contribution in [-0.2, 0) is 4.79 Å². The van der Waals surface area contributed by atoms with Gasteiger partial charge in [0.2, 0.25) is 5.91 Å². The van der Waals surface area contributed by atoms with E-state index in [0.717, 1.165) is 27.7 Å². The molecule has 0 saturated carbocycles. The van der Waals surface area contributed by atoms with Gasteiger partial charge in [-0.1, -0.05) is 6.07 Å². The zero-order valence-electron chi connectivity index (χ0n) is 20.1. The maximum Gasteiger partial charge on any atom is 0.238 e. The summed E-state index contributed by atoms with van der Waals surface area (Å²) in [4.78, 5) is 39.9. The Balaban J connectivity index is 1.38. The number of carbonyl (C=O) groups is 1. The van der Waals surface area contributed by atoms with E-state index in [-0.39, 0.29) is 12.5 Å². The van der Waals surface area contributed by atoms with Gasteiger partial charge >= 0.3 is 0 Å². The van der Waals surface area contributed by atoms with E-state index in [0.29, 0.717) is 34.1 Å². The predicted molar refractivity (Wildman–Crippen MR) is 140 cm³/mol. The second-order valence-corrected chi connectivity index (χ2v) is 8.80. The fraction of sp³-hybridized carbons (Fsp3) is 0.115. The molecule has 0 aliphatic carbocycles. The maximum atomic E-state index is 12.2. The van der Waals surface area contributed by atoms with Crippen LogP contribution in [-0.4, -0.2) is 71.5 Å². The number of pyridine rings is 4. The van der Waals surface area contributed by atoms with Gasteiger partial charge < -0.3 is 15.2 Å². The number of aromatic nitrogens is 8. The monoisotopic (exact) mass is 490 g/mol. The number of carbonyl (C=O) groups excluding carboxylic acids is 1. The second kappa shape index (κ2) is 9.21. The first-order valence-corrected chi connectivity index (χ1v) is 11.6. The van der Waals surface area contributed by atoms with Crippen LogP contribution in [0.2, 0.25) is 0 Å². The molecule has 6 aromatic heterocycles. The molecule has 0 radical (unpaired) electrons. The number of aromatic amines is 2. The lowest BCUT2D eigenvalue weighted by Crippen LogP contribution is -2.27. The molecule has 6 aromatic rings. The lowest BCUT2D eigenvalue weighted by Gasteiger charge is -2.10. The first-order chi connectivity index (χ1) is 18.0. The number of anilines is 1. The van der Waals surface area contributed by atoms with Crippen LogP contribution >= 0.6 is 0 Å². The summed E-state index contributed by atoms with van der Waals surface area (Å²) in [6.07, 6.45) is 8.59. The van der Waals surface area contributed by atoms with Crippen molar-refractivity contribution in [3.05, 3.63) is 67.4 Å². The first kappa shape index (κ1) is 22.4. The molecule has 37 heavy (non-hydrogen) atoms. The van der Waals surface area contributed by atoms with Gasteiger partial charge in [0.1, 0.15) is 11.0 Å². The molecule has 0 atom stereocenters. The van der Waals surface area contributed by atoms with Gasteiger partial charge in [0.25, 0.3) is 0 Å². The number of H-pyrrole nitrogens is 2. The standard InChI is InChI=1S/C26H22N10O/c1-36(2)14-21(37)30-17-10-16(12-28-13-17)19-5-6-20-23(31-19)24(35-34-20)26-32-22-18(7-9-29-25(22)33-26)15-4-3-8-27-11-15/h3-13H,14H2,1-2H3,(H,30,37)(H,34,35)(H,29,32,33). The molecular formula is C26H22N10O. The lowest BCUT2D eigenvalue weighted by atomic mass is 10.1. The number of nitrogens with zero attached hydrogens (tertiary/aromatic N) is 7. The topological polar surface area (TPSA) is 141 Å². The van der Waals surface area contributed by atoms with Crippen molar-refractivity contribution in [3.8, 4) is 33.9 Å². The van der Waals surface area contributed by atoms with Crippen molar-refractivity contribution < 1.29 is 4.79 Å². The van der Waals surface area contributed by atoms with Crippen LogP contribution < -0.4 is 5.32 Å². The summed E-state index contributed by atoms with van der Waals surface area (Å²) in [5.41, 5.74) is 7.30. The normalized spacial score (nSPS) is 11.4. The SMILES string of the molecule is CN(C)CC(=O)Nc1cncc(-c2ccc3[nH]nc(-c4nc5c(-c6cccnc6)ccnc5[nH]4)c3n2)c1. The summed E-state index contributed by atoms with van der Waals surface area (Å²) in [5.74, 6) is 0.436. The van der Waals surface area contributed by atoms with Gasteiger partial charge in [0, 0.05) is 41.5 Å². The van der Waals surface area contributed by atoms with Crippen LogP contribution in [0.3, 0.4) is 0 Å². The zero-order chi connectivity index (χ0) is 25.4. The number of imidazole rings is 1. The van der Waals surface area contributed by atoms with E-state index in [4.69, 9.17) is 9.97 Å². The highest BCUT2D eigenvalue weighted by Crippen LogP contribution is 2.31. The van der Waals surface area contributed by atoms with Crippen molar-refractivity contribution in [1.29, 1.82) is 0 Å². The molecule has 0 aliphatic heterocycles. The summed E-state index contributed by atoms with van der Waals surface area (Å²) in [7, 11) is 3.68. The minimum Gasteiger partial charge on any atom is -0.324 e. The molecule has 0 bridgehead atoms. The number of nitrogens with one attached hydrogen (secondary N) is 3. The zero-order valence-corrected chi connectivity index (χ0v) is 20.1. The van der Waals surface area contributed by atoms with E-state index in [1.807, 2.05) is 50.5 Å². The molecule has 3 N–H and O–H groups in total. The molecule has 0 aromatic carbocycles. The largest absolute Gasteiger partial charge is 0.324 e. The Bertz CT molecular complexity index is 1740. The smallest absolute Gasteiger partial charge is 0.238 e. The molecule has 6 rings (SSSR count). The van der Waals surface area contributed by atoms with Gasteiger partial charge in [0.15, 0.2) is 17.2 Å². The van der Waals surface area contributed by atoms with Crippen LogP contribution in [0.4, 0.5) is 5.69 Å². The summed E-state index contributed by atoms with van der Waals surface area (Å²) in [5, 5.41) is 10.4. The number of amides is 1. The molecule has 0 fully saturated rings. The summed E-state index contributed by atoms with van der Waals surface area (Å²) < 4.78 is 0. The predicted octanol–water partition coefficient (Wildman–Crippen LogP) is 3.52. The van der Waals surface area contributed by atoms with Gasteiger partial charge in [-0.05, 0) is 44.4 Å². The van der Waals surface area contributed by atoms with E-state index in [1.54, 1.807) is 35.9 Å². The Kier molecular flexibility index (Phi) is 5.58. The minimum absolute atomic E-state index is 0.117. The van der Waals surface area contributed by atoms with Gasteiger partial charge in [-0.15, -0.1) is 0 Å². The average Bonchev–Trinajstić information content (AvgIpc) is 3.52. The number of fused-ring (bicyclic) bond motifs is 2. The van der Waals surface area contributed by atoms with Crippen molar-refractivity contribution in [2.45, 2.75) is 0 Å². The molecule has 6 heterocycles.